The normalized spacial score (nSPS) is 10.1. The summed E-state index contributed by atoms with van der Waals surface area (Å²) in [7, 11) is 1.48. The fourth-order valence-electron chi connectivity index (χ4n) is 2.74. The lowest BCUT2D eigenvalue weighted by atomic mass is 10.1. The molecule has 29 heavy (non-hydrogen) atoms. The lowest BCUT2D eigenvalue weighted by Crippen LogP contribution is -2.16. The highest BCUT2D eigenvalue weighted by molar-refractivity contribution is 6.09. The first-order valence-electron chi connectivity index (χ1n) is 8.67. The van der Waals surface area contributed by atoms with Crippen molar-refractivity contribution >= 4 is 29.2 Å². The van der Waals surface area contributed by atoms with Crippen LogP contribution in [0.3, 0.4) is 0 Å². The van der Waals surface area contributed by atoms with Crippen LogP contribution in [0.5, 0.6) is 5.75 Å². The Balaban J connectivity index is 1.78. The third-order valence-corrected chi connectivity index (χ3v) is 4.14. The van der Waals surface area contributed by atoms with E-state index < -0.39 is 11.9 Å². The number of anilines is 2. The van der Waals surface area contributed by atoms with Crippen molar-refractivity contribution in [3.63, 3.8) is 0 Å². The average molecular weight is 390 g/mol. The van der Waals surface area contributed by atoms with Gasteiger partial charge in [-0.15, -0.1) is 0 Å². The van der Waals surface area contributed by atoms with Gasteiger partial charge in [-0.05, 0) is 42.5 Å². The third kappa shape index (κ3) is 4.59. The number of hydrogen-bond acceptors (Lipinski definition) is 4. The van der Waals surface area contributed by atoms with Crippen LogP contribution in [0.1, 0.15) is 31.1 Å². The number of methoxy groups -OCH3 is 1. The minimum atomic E-state index is -1.14. The molecule has 3 aromatic carbocycles. The summed E-state index contributed by atoms with van der Waals surface area (Å²) in [6, 6.07) is 19.3. The van der Waals surface area contributed by atoms with Gasteiger partial charge in [0, 0.05) is 11.3 Å². The fraction of sp³-hybridized carbons (Fsp3) is 0.0455. The summed E-state index contributed by atoms with van der Waals surface area (Å²) in [5, 5.41) is 14.5. The van der Waals surface area contributed by atoms with E-state index in [0.29, 0.717) is 17.0 Å². The number of hydrogen-bond donors (Lipinski definition) is 3. The van der Waals surface area contributed by atoms with E-state index in [0.717, 1.165) is 0 Å². The number of amides is 2. The van der Waals surface area contributed by atoms with Crippen molar-refractivity contribution in [2.75, 3.05) is 17.7 Å². The Bertz CT molecular complexity index is 1080. The van der Waals surface area contributed by atoms with E-state index in [1.54, 1.807) is 54.6 Å². The molecule has 0 radical (unpaired) electrons. The summed E-state index contributed by atoms with van der Waals surface area (Å²) in [4.78, 5) is 36.4. The smallest absolute Gasteiger partial charge is 0.337 e. The number of aromatic carboxylic acids is 1. The molecule has 7 heteroatoms. The quantitative estimate of drug-likeness (QED) is 0.592. The lowest BCUT2D eigenvalue weighted by molar-refractivity contribution is 0.0697. The molecule has 3 rings (SSSR count). The second-order valence-corrected chi connectivity index (χ2v) is 6.04. The van der Waals surface area contributed by atoms with Crippen molar-refractivity contribution in [2.45, 2.75) is 0 Å². The van der Waals surface area contributed by atoms with Gasteiger partial charge >= 0.3 is 5.97 Å². The van der Waals surface area contributed by atoms with Crippen LogP contribution in [0.25, 0.3) is 0 Å². The number of rotatable bonds is 6. The molecular weight excluding hydrogens is 372 g/mol. The zero-order chi connectivity index (χ0) is 20.8. The van der Waals surface area contributed by atoms with Crippen LogP contribution in [-0.4, -0.2) is 30.0 Å². The largest absolute Gasteiger partial charge is 0.496 e. The van der Waals surface area contributed by atoms with E-state index in [-0.39, 0.29) is 22.7 Å². The maximum absolute atomic E-state index is 12.6. The zero-order valence-electron chi connectivity index (χ0n) is 15.5. The Kier molecular flexibility index (Phi) is 5.89. The molecule has 0 aliphatic heterocycles. The molecule has 0 heterocycles. The summed E-state index contributed by atoms with van der Waals surface area (Å²) >= 11 is 0. The molecule has 0 bridgehead atoms. The molecule has 0 atom stereocenters. The van der Waals surface area contributed by atoms with Crippen LogP contribution in [-0.2, 0) is 0 Å². The SMILES string of the molecule is COc1ccccc1C(=O)Nc1cccc(C(=O)Nc2ccccc2C(=O)O)c1. The number of carboxylic acids is 1. The summed E-state index contributed by atoms with van der Waals surface area (Å²) in [5.41, 5.74) is 1.22. The van der Waals surface area contributed by atoms with Gasteiger partial charge in [0.15, 0.2) is 0 Å². The van der Waals surface area contributed by atoms with E-state index in [1.165, 1.54) is 25.3 Å². The zero-order valence-corrected chi connectivity index (χ0v) is 15.5. The predicted octanol–water partition coefficient (Wildman–Crippen LogP) is 3.90. The van der Waals surface area contributed by atoms with Crippen molar-refractivity contribution in [1.82, 2.24) is 0 Å². The van der Waals surface area contributed by atoms with Gasteiger partial charge in [0.1, 0.15) is 5.75 Å². The molecule has 7 nitrogen and oxygen atoms in total. The second kappa shape index (κ2) is 8.71. The molecule has 3 N–H and O–H groups in total. The van der Waals surface area contributed by atoms with Gasteiger partial charge in [-0.2, -0.15) is 0 Å². The predicted molar refractivity (Wildman–Crippen MR) is 109 cm³/mol. The first-order valence-corrected chi connectivity index (χ1v) is 8.67. The molecule has 0 aliphatic rings. The van der Waals surface area contributed by atoms with Gasteiger partial charge in [-0.3, -0.25) is 9.59 Å². The van der Waals surface area contributed by atoms with E-state index in [1.807, 2.05) is 0 Å². The number of benzene rings is 3. The minimum absolute atomic E-state index is 0.0125. The number of para-hydroxylation sites is 2. The molecule has 0 unspecified atom stereocenters. The van der Waals surface area contributed by atoms with Crippen molar-refractivity contribution in [3.05, 3.63) is 89.5 Å². The summed E-state index contributed by atoms with van der Waals surface area (Å²) in [6.45, 7) is 0. The molecule has 0 fully saturated rings. The molecule has 0 aromatic heterocycles. The van der Waals surface area contributed by atoms with Gasteiger partial charge in [0.25, 0.3) is 11.8 Å². The molecule has 2 amide bonds. The van der Waals surface area contributed by atoms with Crippen molar-refractivity contribution in [1.29, 1.82) is 0 Å². The van der Waals surface area contributed by atoms with Crippen LogP contribution in [0.15, 0.2) is 72.8 Å². The molecule has 146 valence electrons. The minimum Gasteiger partial charge on any atom is -0.496 e. The van der Waals surface area contributed by atoms with Crippen molar-refractivity contribution < 1.29 is 24.2 Å². The average Bonchev–Trinajstić information content (AvgIpc) is 2.74. The topological polar surface area (TPSA) is 105 Å². The number of nitrogens with one attached hydrogen (secondary N) is 2. The van der Waals surface area contributed by atoms with E-state index in [4.69, 9.17) is 4.74 Å². The molecule has 0 spiro atoms. The summed E-state index contributed by atoms with van der Waals surface area (Å²) in [5.74, 6) is -1.58. The Morgan fingerprint density at radius 1 is 0.793 bits per heavy atom. The van der Waals surface area contributed by atoms with Gasteiger partial charge in [0.05, 0.1) is 23.9 Å². The second-order valence-electron chi connectivity index (χ2n) is 6.04. The van der Waals surface area contributed by atoms with Crippen LogP contribution < -0.4 is 15.4 Å². The van der Waals surface area contributed by atoms with Crippen molar-refractivity contribution in [2.24, 2.45) is 0 Å². The van der Waals surface area contributed by atoms with Crippen molar-refractivity contribution in [3.8, 4) is 5.75 Å². The Hall–Kier alpha value is -4.13. The van der Waals surface area contributed by atoms with Crippen LogP contribution in [0.2, 0.25) is 0 Å². The molecule has 3 aromatic rings. The highest BCUT2D eigenvalue weighted by Gasteiger charge is 2.15. The molecular formula is C22H18N2O5. The number of carboxylic acid groups (broad SMARTS) is 1. The monoisotopic (exact) mass is 390 g/mol. The van der Waals surface area contributed by atoms with Crippen LogP contribution in [0.4, 0.5) is 11.4 Å². The van der Waals surface area contributed by atoms with E-state index in [2.05, 4.69) is 10.6 Å². The van der Waals surface area contributed by atoms with Crippen LogP contribution in [0, 0.1) is 0 Å². The Morgan fingerprint density at radius 3 is 2.21 bits per heavy atom. The van der Waals surface area contributed by atoms with Gasteiger partial charge in [-0.1, -0.05) is 30.3 Å². The lowest BCUT2D eigenvalue weighted by Gasteiger charge is -2.11. The van der Waals surface area contributed by atoms with Gasteiger partial charge < -0.3 is 20.5 Å². The Morgan fingerprint density at radius 2 is 1.48 bits per heavy atom. The van der Waals surface area contributed by atoms with E-state index >= 15 is 0 Å². The molecule has 0 saturated carbocycles. The van der Waals surface area contributed by atoms with E-state index in [9.17, 15) is 19.5 Å². The highest BCUT2D eigenvalue weighted by atomic mass is 16.5. The number of ether oxygens (including phenoxy) is 1. The van der Waals surface area contributed by atoms with Gasteiger partial charge in [0.2, 0.25) is 0 Å². The fourth-order valence-corrected chi connectivity index (χ4v) is 2.74. The number of carbonyl (C=O) groups is 3. The van der Waals surface area contributed by atoms with Gasteiger partial charge in [-0.25, -0.2) is 4.79 Å². The highest BCUT2D eigenvalue weighted by Crippen LogP contribution is 2.21. The standard InChI is InChI=1S/C22H18N2O5/c1-29-19-12-5-3-10-17(19)21(26)23-15-8-6-7-14(13-15)20(25)24-18-11-4-2-9-16(18)22(27)28/h2-13H,1H3,(H,23,26)(H,24,25)(H,27,28). The number of carbonyl (C=O) groups excluding carboxylic acids is 2. The van der Waals surface area contributed by atoms with Crippen LogP contribution >= 0.6 is 0 Å². The Labute approximate surface area is 166 Å². The molecule has 0 saturated heterocycles. The maximum Gasteiger partial charge on any atom is 0.337 e. The third-order valence-electron chi connectivity index (χ3n) is 4.14. The summed E-state index contributed by atoms with van der Waals surface area (Å²) < 4.78 is 5.19. The summed E-state index contributed by atoms with van der Waals surface area (Å²) in [6.07, 6.45) is 0. The molecule has 0 aliphatic carbocycles. The first kappa shape index (κ1) is 19.6. The first-order chi connectivity index (χ1) is 14.0. The maximum atomic E-state index is 12.6.